The Labute approximate surface area is 96.7 Å². The van der Waals surface area contributed by atoms with Crippen molar-refractivity contribution in [2.24, 2.45) is 0 Å². The van der Waals surface area contributed by atoms with Crippen molar-refractivity contribution in [3.8, 4) is 0 Å². The number of nitrogens with zero attached hydrogens (tertiary/aromatic N) is 1. The Bertz CT molecular complexity index is 337. The van der Waals surface area contributed by atoms with Crippen LogP contribution in [0.5, 0.6) is 0 Å². The molecule has 1 aromatic heterocycles. The Hall–Kier alpha value is -1.38. The lowest BCUT2D eigenvalue weighted by Crippen LogP contribution is -2.42. The van der Waals surface area contributed by atoms with Gasteiger partial charge in [-0.1, -0.05) is 20.3 Å². The summed E-state index contributed by atoms with van der Waals surface area (Å²) in [5.41, 5.74) is 2.02. The fraction of sp³-hybridized carbons (Fsp3) is 0.538. The second-order valence-corrected chi connectivity index (χ2v) is 3.97. The summed E-state index contributed by atoms with van der Waals surface area (Å²) >= 11 is 0. The molecule has 0 amide bonds. The van der Waals surface area contributed by atoms with Gasteiger partial charge in [0.1, 0.15) is 6.54 Å². The van der Waals surface area contributed by atoms with E-state index in [0.29, 0.717) is 0 Å². The molecule has 1 heterocycles. The monoisotopic (exact) mass is 221 g/mol. The standard InChI is InChI=1S/C13H19NO2/c1-3-6-11-7-5-9-14(8-4-2)12(11)10-13(15)16/h5,7,9H,3-4,6,8,10H2,1-2H3. The average molecular weight is 221 g/mol. The number of carboxylic acid groups (broad SMARTS) is 1. The number of aliphatic carboxylic acids is 1. The second kappa shape index (κ2) is 6.26. The molecule has 88 valence electrons. The third-order valence-corrected chi connectivity index (χ3v) is 2.58. The smallest absolute Gasteiger partial charge is 0.190 e. The maximum absolute atomic E-state index is 10.8. The average Bonchev–Trinajstić information content (AvgIpc) is 2.23. The molecule has 1 rings (SSSR count). The highest BCUT2D eigenvalue weighted by Crippen LogP contribution is 2.07. The number of aromatic nitrogens is 1. The zero-order valence-corrected chi connectivity index (χ0v) is 10.0. The highest BCUT2D eigenvalue weighted by atomic mass is 16.4. The van der Waals surface area contributed by atoms with Crippen LogP contribution in [-0.4, -0.2) is 5.97 Å². The van der Waals surface area contributed by atoms with E-state index in [-0.39, 0.29) is 6.42 Å². The molecular formula is C13H19NO2. The number of hydrogen-bond acceptors (Lipinski definition) is 2. The highest BCUT2D eigenvalue weighted by Gasteiger charge is 2.14. The van der Waals surface area contributed by atoms with Gasteiger partial charge >= 0.3 is 0 Å². The van der Waals surface area contributed by atoms with E-state index in [1.807, 2.05) is 22.9 Å². The number of carbonyl (C=O) groups excluding carboxylic acids is 1. The van der Waals surface area contributed by atoms with E-state index in [1.54, 1.807) is 0 Å². The van der Waals surface area contributed by atoms with Crippen LogP contribution < -0.4 is 9.67 Å². The minimum absolute atomic E-state index is 0.0101. The van der Waals surface area contributed by atoms with E-state index in [0.717, 1.165) is 37.1 Å². The third-order valence-electron chi connectivity index (χ3n) is 2.58. The Morgan fingerprint density at radius 2 is 2.12 bits per heavy atom. The first kappa shape index (κ1) is 12.7. The van der Waals surface area contributed by atoms with Crippen LogP contribution in [0.2, 0.25) is 0 Å². The van der Waals surface area contributed by atoms with Crippen LogP contribution in [0, 0.1) is 0 Å². The highest BCUT2D eigenvalue weighted by molar-refractivity contribution is 5.67. The molecule has 0 aliphatic carbocycles. The van der Waals surface area contributed by atoms with Crippen molar-refractivity contribution in [3.63, 3.8) is 0 Å². The molecule has 0 bridgehead atoms. The van der Waals surface area contributed by atoms with Gasteiger partial charge in [-0.15, -0.1) is 0 Å². The van der Waals surface area contributed by atoms with Gasteiger partial charge in [0.2, 0.25) is 0 Å². The lowest BCUT2D eigenvalue weighted by Gasteiger charge is -2.09. The second-order valence-electron chi connectivity index (χ2n) is 3.97. The van der Waals surface area contributed by atoms with Gasteiger partial charge in [-0.2, -0.15) is 0 Å². The number of hydrogen-bond donors (Lipinski definition) is 0. The first-order chi connectivity index (χ1) is 7.69. The normalized spacial score (nSPS) is 10.4. The van der Waals surface area contributed by atoms with Gasteiger partial charge < -0.3 is 9.90 Å². The predicted molar refractivity (Wildman–Crippen MR) is 59.6 cm³/mol. The molecule has 0 N–H and O–H groups in total. The van der Waals surface area contributed by atoms with Crippen molar-refractivity contribution in [1.29, 1.82) is 0 Å². The Kier molecular flexibility index (Phi) is 4.96. The molecular weight excluding hydrogens is 202 g/mol. The maximum atomic E-state index is 10.8. The Morgan fingerprint density at radius 1 is 1.38 bits per heavy atom. The summed E-state index contributed by atoms with van der Waals surface area (Å²) in [7, 11) is 0. The Morgan fingerprint density at radius 3 is 2.69 bits per heavy atom. The van der Waals surface area contributed by atoms with Crippen molar-refractivity contribution in [3.05, 3.63) is 29.6 Å². The Balaban J connectivity index is 3.06. The third kappa shape index (κ3) is 3.33. The van der Waals surface area contributed by atoms with Crippen LogP contribution in [0.15, 0.2) is 18.3 Å². The van der Waals surface area contributed by atoms with E-state index in [1.165, 1.54) is 0 Å². The lowest BCUT2D eigenvalue weighted by molar-refractivity contribution is -0.704. The van der Waals surface area contributed by atoms with Gasteiger partial charge in [-0.25, -0.2) is 4.57 Å². The predicted octanol–water partition coefficient (Wildman–Crippen LogP) is 0.629. The fourth-order valence-electron chi connectivity index (χ4n) is 1.93. The number of carboxylic acids is 1. The number of aryl methyl sites for hydroxylation is 2. The van der Waals surface area contributed by atoms with Gasteiger partial charge in [0.15, 0.2) is 11.9 Å². The molecule has 0 radical (unpaired) electrons. The van der Waals surface area contributed by atoms with Crippen molar-refractivity contribution >= 4 is 5.97 Å². The molecule has 0 atom stereocenters. The molecule has 3 nitrogen and oxygen atoms in total. The van der Waals surface area contributed by atoms with E-state index < -0.39 is 5.97 Å². The molecule has 1 aromatic rings. The van der Waals surface area contributed by atoms with Crippen molar-refractivity contribution in [2.75, 3.05) is 0 Å². The van der Waals surface area contributed by atoms with Crippen LogP contribution >= 0.6 is 0 Å². The molecule has 0 spiro atoms. The molecule has 0 unspecified atom stereocenters. The lowest BCUT2D eigenvalue weighted by atomic mass is 10.1. The topological polar surface area (TPSA) is 44.0 Å². The van der Waals surface area contributed by atoms with Gasteiger partial charge in [0.25, 0.3) is 0 Å². The molecule has 0 fully saturated rings. The van der Waals surface area contributed by atoms with Crippen LogP contribution in [0.1, 0.15) is 37.9 Å². The zero-order chi connectivity index (χ0) is 12.0. The summed E-state index contributed by atoms with van der Waals surface area (Å²) in [6, 6.07) is 3.99. The van der Waals surface area contributed by atoms with Crippen molar-refractivity contribution in [1.82, 2.24) is 0 Å². The van der Waals surface area contributed by atoms with Crippen LogP contribution in [0.4, 0.5) is 0 Å². The zero-order valence-electron chi connectivity index (χ0n) is 10.0. The largest absolute Gasteiger partial charge is 0.550 e. The summed E-state index contributed by atoms with van der Waals surface area (Å²) < 4.78 is 2.03. The number of rotatable bonds is 6. The molecule has 0 aliphatic rings. The molecule has 0 aliphatic heterocycles. The first-order valence-corrected chi connectivity index (χ1v) is 5.89. The molecule has 3 heteroatoms. The number of carbonyl (C=O) groups is 1. The van der Waals surface area contributed by atoms with Crippen LogP contribution in [-0.2, 0) is 24.2 Å². The van der Waals surface area contributed by atoms with Crippen LogP contribution in [0.25, 0.3) is 0 Å². The molecule has 0 saturated heterocycles. The van der Waals surface area contributed by atoms with E-state index >= 15 is 0 Å². The summed E-state index contributed by atoms with van der Waals surface area (Å²) in [6.45, 7) is 5.04. The quantitative estimate of drug-likeness (QED) is 0.661. The number of pyridine rings is 1. The van der Waals surface area contributed by atoms with E-state index in [4.69, 9.17) is 0 Å². The molecule has 0 aromatic carbocycles. The molecule has 16 heavy (non-hydrogen) atoms. The molecule has 0 saturated carbocycles. The van der Waals surface area contributed by atoms with Crippen LogP contribution in [0.3, 0.4) is 0 Å². The maximum Gasteiger partial charge on any atom is 0.190 e. The summed E-state index contributed by atoms with van der Waals surface area (Å²) in [5.74, 6) is -1.01. The summed E-state index contributed by atoms with van der Waals surface area (Å²) in [6.07, 6.45) is 4.90. The minimum Gasteiger partial charge on any atom is -0.550 e. The SMILES string of the molecule is CCCc1ccc[n+](CCC)c1CC(=O)[O-]. The minimum atomic E-state index is -1.01. The van der Waals surface area contributed by atoms with Gasteiger partial charge in [-0.3, -0.25) is 0 Å². The summed E-state index contributed by atoms with van der Waals surface area (Å²) in [5, 5.41) is 10.8. The van der Waals surface area contributed by atoms with Gasteiger partial charge in [0, 0.05) is 18.1 Å². The van der Waals surface area contributed by atoms with E-state index in [9.17, 15) is 9.90 Å². The van der Waals surface area contributed by atoms with Crippen molar-refractivity contribution < 1.29 is 14.5 Å². The summed E-state index contributed by atoms with van der Waals surface area (Å²) in [4.78, 5) is 10.8. The van der Waals surface area contributed by atoms with Crippen molar-refractivity contribution in [2.45, 2.75) is 46.1 Å². The fourth-order valence-corrected chi connectivity index (χ4v) is 1.93. The first-order valence-electron chi connectivity index (χ1n) is 5.89. The van der Waals surface area contributed by atoms with E-state index in [2.05, 4.69) is 13.8 Å². The van der Waals surface area contributed by atoms with Gasteiger partial charge in [-0.05, 0) is 12.5 Å². The van der Waals surface area contributed by atoms with Gasteiger partial charge in [0.05, 0.1) is 12.4 Å².